The average Bonchev–Trinajstić information content (AvgIpc) is 2.91. The van der Waals surface area contributed by atoms with Crippen LogP contribution in [0.5, 0.6) is 0 Å². The first-order valence-corrected chi connectivity index (χ1v) is 8.10. The Kier molecular flexibility index (Phi) is 4.61. The zero-order valence-electron chi connectivity index (χ0n) is 9.76. The number of sulfonamides is 1. The highest BCUT2D eigenvalue weighted by molar-refractivity contribution is 7.91. The van der Waals surface area contributed by atoms with E-state index in [0.29, 0.717) is 10.6 Å². The fraction of sp³-hybridized carbons (Fsp3) is 0.0769. The Labute approximate surface area is 121 Å². The third kappa shape index (κ3) is 3.82. The Hall–Kier alpha value is -1.32. The van der Waals surface area contributed by atoms with Crippen molar-refractivity contribution in [1.29, 1.82) is 0 Å². The molecule has 0 spiro atoms. The topological polar surface area (TPSA) is 46.2 Å². The fourth-order valence-electron chi connectivity index (χ4n) is 1.32. The summed E-state index contributed by atoms with van der Waals surface area (Å²) in [6.45, 7) is 0.0471. The van der Waals surface area contributed by atoms with Crippen LogP contribution < -0.4 is 4.72 Å². The Morgan fingerprint density at radius 1 is 1.21 bits per heavy atom. The van der Waals surface area contributed by atoms with Crippen LogP contribution in [0, 0.1) is 11.8 Å². The molecule has 1 aromatic carbocycles. The molecule has 19 heavy (non-hydrogen) atoms. The van der Waals surface area contributed by atoms with Gasteiger partial charge in [0.15, 0.2) is 0 Å². The van der Waals surface area contributed by atoms with Gasteiger partial charge in [-0.1, -0.05) is 41.6 Å². The SMILES string of the molecule is O=S(=O)(NCC#Cc1ccccc1Cl)c1cccs1. The molecule has 2 aromatic rings. The third-order valence-electron chi connectivity index (χ3n) is 2.21. The van der Waals surface area contributed by atoms with Crippen LogP contribution >= 0.6 is 22.9 Å². The molecule has 2 rings (SSSR count). The molecule has 0 saturated heterocycles. The monoisotopic (exact) mass is 311 g/mol. The maximum absolute atomic E-state index is 11.8. The summed E-state index contributed by atoms with van der Waals surface area (Å²) >= 11 is 7.10. The molecule has 0 unspecified atom stereocenters. The second-order valence-corrected chi connectivity index (χ2v) is 6.89. The van der Waals surface area contributed by atoms with Crippen molar-refractivity contribution in [2.75, 3.05) is 6.54 Å². The number of halogens is 1. The van der Waals surface area contributed by atoms with Crippen LogP contribution in [0.4, 0.5) is 0 Å². The van der Waals surface area contributed by atoms with Crippen molar-refractivity contribution in [2.45, 2.75) is 4.21 Å². The summed E-state index contributed by atoms with van der Waals surface area (Å²) in [5, 5.41) is 2.26. The first kappa shape index (κ1) is 14.1. The van der Waals surface area contributed by atoms with E-state index in [1.54, 1.807) is 29.6 Å². The molecule has 1 N–H and O–H groups in total. The molecule has 6 heteroatoms. The molecular formula is C13H10ClNO2S2. The van der Waals surface area contributed by atoms with Crippen molar-refractivity contribution in [1.82, 2.24) is 4.72 Å². The highest BCUT2D eigenvalue weighted by Gasteiger charge is 2.12. The van der Waals surface area contributed by atoms with Crippen LogP contribution in [0.3, 0.4) is 0 Å². The van der Waals surface area contributed by atoms with E-state index in [1.165, 1.54) is 11.3 Å². The number of benzene rings is 1. The number of rotatable bonds is 3. The first-order valence-electron chi connectivity index (χ1n) is 5.36. The lowest BCUT2D eigenvalue weighted by Crippen LogP contribution is -2.23. The number of hydrogen-bond donors (Lipinski definition) is 1. The predicted molar refractivity (Wildman–Crippen MR) is 77.8 cm³/mol. The summed E-state index contributed by atoms with van der Waals surface area (Å²) in [5.74, 6) is 5.57. The van der Waals surface area contributed by atoms with Crippen LogP contribution in [-0.4, -0.2) is 15.0 Å². The summed E-state index contributed by atoms with van der Waals surface area (Å²) in [7, 11) is -3.45. The van der Waals surface area contributed by atoms with E-state index in [4.69, 9.17) is 11.6 Å². The summed E-state index contributed by atoms with van der Waals surface area (Å²) in [6.07, 6.45) is 0. The Bertz CT molecular complexity index is 713. The van der Waals surface area contributed by atoms with Gasteiger partial charge in [-0.05, 0) is 23.6 Å². The molecule has 0 fully saturated rings. The smallest absolute Gasteiger partial charge is 0.206 e. The summed E-state index contributed by atoms with van der Waals surface area (Å²) in [4.78, 5) is 0. The lowest BCUT2D eigenvalue weighted by Gasteiger charge is -1.99. The molecule has 1 aromatic heterocycles. The van der Waals surface area contributed by atoms with Gasteiger partial charge in [0.25, 0.3) is 10.0 Å². The lowest BCUT2D eigenvalue weighted by atomic mass is 10.2. The van der Waals surface area contributed by atoms with Crippen LogP contribution in [0.2, 0.25) is 5.02 Å². The summed E-state index contributed by atoms with van der Waals surface area (Å²) < 4.78 is 26.3. The van der Waals surface area contributed by atoms with Crippen LogP contribution in [-0.2, 0) is 10.0 Å². The summed E-state index contributed by atoms with van der Waals surface area (Å²) in [5.41, 5.74) is 0.680. The van der Waals surface area contributed by atoms with Gasteiger partial charge in [0, 0.05) is 5.56 Å². The highest BCUT2D eigenvalue weighted by Crippen LogP contribution is 2.15. The number of nitrogens with one attached hydrogen (secondary N) is 1. The van der Waals surface area contributed by atoms with Gasteiger partial charge in [-0.25, -0.2) is 8.42 Å². The fourth-order valence-corrected chi connectivity index (χ4v) is 3.46. The van der Waals surface area contributed by atoms with Crippen molar-refractivity contribution in [3.8, 4) is 11.8 Å². The van der Waals surface area contributed by atoms with E-state index < -0.39 is 10.0 Å². The van der Waals surface area contributed by atoms with Crippen molar-refractivity contribution < 1.29 is 8.42 Å². The standard InChI is InChI=1S/C13H10ClNO2S2/c14-12-7-2-1-5-11(12)6-3-9-15-19(16,17)13-8-4-10-18-13/h1-2,4-5,7-8,10,15H,9H2. The van der Waals surface area contributed by atoms with E-state index in [9.17, 15) is 8.42 Å². The molecule has 3 nitrogen and oxygen atoms in total. The van der Waals surface area contributed by atoms with Crippen molar-refractivity contribution in [2.24, 2.45) is 0 Å². The minimum Gasteiger partial charge on any atom is -0.206 e. The van der Waals surface area contributed by atoms with Gasteiger partial charge in [-0.2, -0.15) is 4.72 Å². The minimum absolute atomic E-state index is 0.0471. The molecular weight excluding hydrogens is 302 g/mol. The van der Waals surface area contributed by atoms with Gasteiger partial charge in [-0.15, -0.1) is 11.3 Å². The van der Waals surface area contributed by atoms with Crippen LogP contribution in [0.1, 0.15) is 5.56 Å². The largest absolute Gasteiger partial charge is 0.250 e. The zero-order valence-corrected chi connectivity index (χ0v) is 12.1. The van der Waals surface area contributed by atoms with Gasteiger partial charge in [-0.3, -0.25) is 0 Å². The molecule has 0 saturated carbocycles. The molecule has 1 heterocycles. The second kappa shape index (κ2) is 6.22. The van der Waals surface area contributed by atoms with E-state index in [2.05, 4.69) is 16.6 Å². The third-order valence-corrected chi connectivity index (χ3v) is 5.34. The number of thiophene rings is 1. The molecule has 0 atom stereocenters. The maximum Gasteiger partial charge on any atom is 0.250 e. The van der Waals surface area contributed by atoms with Crippen molar-refractivity contribution in [3.05, 3.63) is 52.4 Å². The zero-order chi connectivity index (χ0) is 13.7. The average molecular weight is 312 g/mol. The van der Waals surface area contributed by atoms with Gasteiger partial charge >= 0.3 is 0 Å². The van der Waals surface area contributed by atoms with Crippen molar-refractivity contribution >= 4 is 33.0 Å². The molecule has 0 amide bonds. The minimum atomic E-state index is -3.45. The van der Waals surface area contributed by atoms with E-state index in [-0.39, 0.29) is 10.8 Å². The molecule has 0 aliphatic carbocycles. The van der Waals surface area contributed by atoms with E-state index in [0.717, 1.165) is 0 Å². The molecule has 0 aliphatic rings. The first-order chi connectivity index (χ1) is 9.09. The highest BCUT2D eigenvalue weighted by atomic mass is 35.5. The lowest BCUT2D eigenvalue weighted by molar-refractivity contribution is 0.588. The molecule has 0 aliphatic heterocycles. The Balaban J connectivity index is 2.01. The van der Waals surface area contributed by atoms with Crippen molar-refractivity contribution in [3.63, 3.8) is 0 Å². The molecule has 98 valence electrons. The Morgan fingerprint density at radius 2 is 2.00 bits per heavy atom. The quantitative estimate of drug-likeness (QED) is 0.886. The normalized spacial score (nSPS) is 10.8. The van der Waals surface area contributed by atoms with Crippen LogP contribution in [0.15, 0.2) is 46.0 Å². The van der Waals surface area contributed by atoms with Gasteiger partial charge in [0.1, 0.15) is 4.21 Å². The maximum atomic E-state index is 11.8. The van der Waals surface area contributed by atoms with Gasteiger partial charge < -0.3 is 0 Å². The Morgan fingerprint density at radius 3 is 2.68 bits per heavy atom. The van der Waals surface area contributed by atoms with E-state index in [1.807, 2.05) is 12.1 Å². The molecule has 0 bridgehead atoms. The second-order valence-electron chi connectivity index (χ2n) is 3.54. The van der Waals surface area contributed by atoms with Gasteiger partial charge in [0.05, 0.1) is 11.6 Å². The van der Waals surface area contributed by atoms with Gasteiger partial charge in [0.2, 0.25) is 0 Å². The molecule has 0 radical (unpaired) electrons. The summed E-state index contributed by atoms with van der Waals surface area (Å²) in [6, 6.07) is 10.4. The van der Waals surface area contributed by atoms with Crippen LogP contribution in [0.25, 0.3) is 0 Å². The number of hydrogen-bond acceptors (Lipinski definition) is 3. The predicted octanol–water partition coefficient (Wildman–Crippen LogP) is 2.73. The van der Waals surface area contributed by atoms with E-state index >= 15 is 0 Å².